The molecule has 0 radical (unpaired) electrons. The zero-order valence-electron chi connectivity index (χ0n) is 7.80. The van der Waals surface area contributed by atoms with Gasteiger partial charge in [-0.1, -0.05) is 12.2 Å². The first kappa shape index (κ1) is 12.9. The van der Waals surface area contributed by atoms with Gasteiger partial charge in [-0.05, 0) is 13.8 Å². The predicted octanol–water partition coefficient (Wildman–Crippen LogP) is 2.69. The van der Waals surface area contributed by atoms with Gasteiger partial charge in [0.2, 0.25) is 0 Å². The molecule has 0 atom stereocenters. The lowest BCUT2D eigenvalue weighted by Gasteiger charge is -2.16. The first-order valence-electron chi connectivity index (χ1n) is 4.02. The number of rotatable bonds is 2. The molecule has 0 bridgehead atoms. The smallest absolute Gasteiger partial charge is 0.133 e. The van der Waals surface area contributed by atoms with E-state index in [0.29, 0.717) is 4.32 Å². The van der Waals surface area contributed by atoms with E-state index in [2.05, 4.69) is 31.5 Å². The second kappa shape index (κ2) is 8.47. The second-order valence-corrected chi connectivity index (χ2v) is 4.00. The minimum atomic E-state index is 0.690. The summed E-state index contributed by atoms with van der Waals surface area (Å²) in [7, 11) is 0. The van der Waals surface area contributed by atoms with Crippen LogP contribution < -0.4 is 0 Å². The van der Waals surface area contributed by atoms with Crippen molar-refractivity contribution in [3.63, 3.8) is 0 Å². The van der Waals surface area contributed by atoms with Crippen molar-refractivity contribution in [1.82, 2.24) is 9.88 Å². The van der Waals surface area contributed by atoms with Crippen LogP contribution in [0.5, 0.6) is 0 Å². The summed E-state index contributed by atoms with van der Waals surface area (Å²) in [5.41, 5.74) is 1.79. The molecule has 0 unspecified atom stereocenters. The summed E-state index contributed by atoms with van der Waals surface area (Å²) < 4.78 is 0.690. The van der Waals surface area contributed by atoms with Gasteiger partial charge in [-0.2, -0.15) is 0 Å². The van der Waals surface area contributed by atoms with E-state index in [1.165, 1.54) is 0 Å². The van der Waals surface area contributed by atoms with Crippen molar-refractivity contribution in [2.24, 2.45) is 0 Å². The van der Waals surface area contributed by atoms with Crippen molar-refractivity contribution in [3.05, 3.63) is 17.1 Å². The quantitative estimate of drug-likeness (QED) is 0.626. The van der Waals surface area contributed by atoms with Crippen LogP contribution in [0.2, 0.25) is 0 Å². The fourth-order valence-corrected chi connectivity index (χ4v) is 1.56. The summed E-state index contributed by atoms with van der Waals surface area (Å²) in [5, 5.41) is 1.93. The summed E-state index contributed by atoms with van der Waals surface area (Å²) in [6.07, 6.45) is 1.77. The molecular formula is C8H14N2S3. The molecule has 0 aliphatic rings. The molecule has 0 N–H and O–H groups in total. The molecule has 13 heavy (non-hydrogen) atoms. The van der Waals surface area contributed by atoms with Crippen LogP contribution in [0.1, 0.15) is 13.8 Å². The largest absolute Gasteiger partial charge is 0.358 e. The van der Waals surface area contributed by atoms with E-state index in [0.717, 1.165) is 13.1 Å². The Morgan fingerprint density at radius 1 is 1.54 bits per heavy atom. The Hall–Kier alpha value is -0.130. The molecule has 0 amide bonds. The molecular weight excluding hydrogens is 220 g/mol. The van der Waals surface area contributed by atoms with Crippen LogP contribution in [0.3, 0.4) is 0 Å². The maximum absolute atomic E-state index is 4.81. The molecule has 1 rings (SSSR count). The van der Waals surface area contributed by atoms with Crippen molar-refractivity contribution in [3.8, 4) is 0 Å². The topological polar surface area (TPSA) is 16.1 Å². The monoisotopic (exact) mass is 234 g/mol. The molecule has 0 saturated carbocycles. The van der Waals surface area contributed by atoms with E-state index in [4.69, 9.17) is 12.2 Å². The third-order valence-corrected chi connectivity index (χ3v) is 2.44. The van der Waals surface area contributed by atoms with Crippen LogP contribution >= 0.6 is 36.2 Å². The molecule has 0 aliphatic carbocycles. The van der Waals surface area contributed by atoms with Crippen LogP contribution in [0.15, 0.2) is 17.1 Å². The van der Waals surface area contributed by atoms with Crippen molar-refractivity contribution in [1.29, 1.82) is 0 Å². The molecule has 1 aromatic rings. The van der Waals surface area contributed by atoms with Crippen LogP contribution in [0.4, 0.5) is 0 Å². The summed E-state index contributed by atoms with van der Waals surface area (Å²) in [4.78, 5) is 5.75. The highest BCUT2D eigenvalue weighted by molar-refractivity contribution is 8.10. The van der Waals surface area contributed by atoms with Crippen molar-refractivity contribution in [2.75, 3.05) is 13.1 Å². The number of thiocarbonyl (C=S) groups is 1. The summed E-state index contributed by atoms with van der Waals surface area (Å²) >= 11 is 10.4. The van der Waals surface area contributed by atoms with Crippen LogP contribution in [-0.2, 0) is 0 Å². The molecule has 0 spiro atoms. The lowest BCUT2D eigenvalue weighted by Crippen LogP contribution is -2.24. The van der Waals surface area contributed by atoms with Crippen LogP contribution in [-0.4, -0.2) is 27.3 Å². The highest BCUT2D eigenvalue weighted by atomic mass is 32.1. The highest BCUT2D eigenvalue weighted by Gasteiger charge is 1.96. The highest BCUT2D eigenvalue weighted by Crippen LogP contribution is 1.93. The predicted molar refractivity (Wildman–Crippen MR) is 66.6 cm³/mol. The van der Waals surface area contributed by atoms with E-state index >= 15 is 0 Å². The first-order valence-corrected chi connectivity index (χ1v) is 5.82. The van der Waals surface area contributed by atoms with Crippen molar-refractivity contribution in [2.45, 2.75) is 13.8 Å². The normalized spacial score (nSPS) is 8.54. The Bertz CT molecular complexity index is 190. The van der Waals surface area contributed by atoms with Crippen LogP contribution in [0, 0.1) is 0 Å². The van der Waals surface area contributed by atoms with Gasteiger partial charge in [0.15, 0.2) is 0 Å². The number of thiol groups is 1. The van der Waals surface area contributed by atoms with Gasteiger partial charge in [0.25, 0.3) is 0 Å². The Morgan fingerprint density at radius 2 is 2.15 bits per heavy atom. The lowest BCUT2D eigenvalue weighted by atomic mass is 10.6. The summed E-state index contributed by atoms with van der Waals surface area (Å²) in [5.74, 6) is 0. The average Bonchev–Trinajstić information content (AvgIpc) is 2.62. The number of hydrogen-bond donors (Lipinski definition) is 1. The van der Waals surface area contributed by atoms with Gasteiger partial charge in [0.05, 0.1) is 5.51 Å². The van der Waals surface area contributed by atoms with E-state index in [1.807, 2.05) is 10.3 Å². The Kier molecular flexibility index (Phi) is 8.38. The third-order valence-electron chi connectivity index (χ3n) is 1.38. The SMILES string of the molecule is CCN(CC)C(=S)S.c1cscn1. The van der Waals surface area contributed by atoms with Gasteiger partial charge >= 0.3 is 0 Å². The van der Waals surface area contributed by atoms with Crippen LogP contribution in [0.25, 0.3) is 0 Å². The maximum atomic E-state index is 4.81. The zero-order valence-corrected chi connectivity index (χ0v) is 10.3. The number of hydrogen-bond acceptors (Lipinski definition) is 3. The van der Waals surface area contributed by atoms with Gasteiger partial charge in [-0.3, -0.25) is 4.98 Å². The van der Waals surface area contributed by atoms with Crippen molar-refractivity contribution >= 4 is 40.5 Å². The molecule has 1 aromatic heterocycles. The van der Waals surface area contributed by atoms with Crippen molar-refractivity contribution < 1.29 is 0 Å². The minimum absolute atomic E-state index is 0.690. The lowest BCUT2D eigenvalue weighted by molar-refractivity contribution is 0.482. The van der Waals surface area contributed by atoms with Gasteiger partial charge in [0.1, 0.15) is 4.32 Å². The average molecular weight is 234 g/mol. The molecule has 0 saturated heterocycles. The third kappa shape index (κ3) is 6.98. The van der Waals surface area contributed by atoms with E-state index in [-0.39, 0.29) is 0 Å². The second-order valence-electron chi connectivity index (χ2n) is 2.13. The number of aromatic nitrogens is 1. The fraction of sp³-hybridized carbons (Fsp3) is 0.500. The standard InChI is InChI=1S/C5H11NS2.C3H3NS/c1-3-6(4-2)5(7)8;1-2-5-3-4-1/h3-4H2,1-2H3,(H,7,8);1-3H. The van der Waals surface area contributed by atoms with Gasteiger partial charge < -0.3 is 4.90 Å². The van der Waals surface area contributed by atoms with E-state index in [9.17, 15) is 0 Å². The number of thiazole rings is 1. The Balaban J connectivity index is 0.000000243. The van der Waals surface area contributed by atoms with E-state index < -0.39 is 0 Å². The summed E-state index contributed by atoms with van der Waals surface area (Å²) in [6.45, 7) is 6.04. The molecule has 74 valence electrons. The molecule has 1 heterocycles. The van der Waals surface area contributed by atoms with Gasteiger partial charge in [-0.25, -0.2) is 0 Å². The van der Waals surface area contributed by atoms with E-state index in [1.54, 1.807) is 23.0 Å². The fourth-order valence-electron chi connectivity index (χ4n) is 0.670. The Morgan fingerprint density at radius 3 is 2.23 bits per heavy atom. The summed E-state index contributed by atoms with van der Waals surface area (Å²) in [6, 6.07) is 0. The molecule has 0 aromatic carbocycles. The first-order chi connectivity index (χ1) is 6.22. The molecule has 0 fully saturated rings. The minimum Gasteiger partial charge on any atom is -0.358 e. The van der Waals surface area contributed by atoms with Gasteiger partial charge in [-0.15, -0.1) is 24.0 Å². The van der Waals surface area contributed by atoms with Gasteiger partial charge in [0, 0.05) is 24.7 Å². The number of nitrogens with zero attached hydrogens (tertiary/aromatic N) is 2. The zero-order chi connectivity index (χ0) is 10.1. The molecule has 2 nitrogen and oxygen atoms in total. The Labute approximate surface area is 94.4 Å². The molecule has 0 aliphatic heterocycles. The molecule has 5 heteroatoms. The maximum Gasteiger partial charge on any atom is 0.133 e.